The predicted octanol–water partition coefficient (Wildman–Crippen LogP) is 0.842. The Balaban J connectivity index is 2.94. The molecular weight excluding hydrogens is 395 g/mol. The van der Waals surface area contributed by atoms with Gasteiger partial charge in [0.1, 0.15) is 0 Å². The molecule has 0 fully saturated rings. The second-order valence-electron chi connectivity index (χ2n) is 6.20. The van der Waals surface area contributed by atoms with E-state index in [1.807, 2.05) is 0 Å². The Labute approximate surface area is 156 Å². The zero-order valence-electron chi connectivity index (χ0n) is 14.8. The van der Waals surface area contributed by atoms with Gasteiger partial charge in [-0.05, 0) is 19.1 Å². The number of alkyl halides is 5. The molecule has 1 aromatic carbocycles. The van der Waals surface area contributed by atoms with Crippen molar-refractivity contribution in [3.63, 3.8) is 0 Å². The number of carbonyl (C=O) groups excluding carboxylic acids is 2. The molecule has 2 unspecified atom stereocenters. The maximum Gasteiger partial charge on any atom is 0.426 e. The van der Waals surface area contributed by atoms with Crippen molar-refractivity contribution in [2.75, 3.05) is 25.5 Å². The fraction of sp³-hybridized carbons (Fsp3) is 0.500. The van der Waals surface area contributed by atoms with E-state index in [1.165, 1.54) is 0 Å². The summed E-state index contributed by atoms with van der Waals surface area (Å²) in [5.74, 6) is -7.53. The molecule has 2 amide bonds. The summed E-state index contributed by atoms with van der Waals surface area (Å²) in [6.45, 7) is -1.05. The molecule has 0 spiro atoms. The third-order valence-corrected chi connectivity index (χ3v) is 3.81. The van der Waals surface area contributed by atoms with Gasteiger partial charge < -0.3 is 25.5 Å². The van der Waals surface area contributed by atoms with Crippen molar-refractivity contribution < 1.29 is 46.9 Å². The number of rotatable bonds is 7. The van der Waals surface area contributed by atoms with E-state index in [-0.39, 0.29) is 12.6 Å². The number of hydrogen-bond donors (Lipinski definition) is 4. The van der Waals surface area contributed by atoms with Crippen LogP contribution >= 0.6 is 0 Å². The second-order valence-corrected chi connectivity index (χ2v) is 6.20. The van der Waals surface area contributed by atoms with Gasteiger partial charge in [0, 0.05) is 24.8 Å². The summed E-state index contributed by atoms with van der Waals surface area (Å²) in [7, 11) is 0.989. The Kier molecular flexibility index (Phi) is 7.09. The summed E-state index contributed by atoms with van der Waals surface area (Å²) in [6.07, 6.45) is -6.66. The van der Waals surface area contributed by atoms with Crippen LogP contribution < -0.4 is 5.32 Å². The van der Waals surface area contributed by atoms with Gasteiger partial charge in [0.15, 0.2) is 0 Å². The van der Waals surface area contributed by atoms with Gasteiger partial charge in [-0.1, -0.05) is 12.1 Å². The number of aliphatic hydroxyl groups excluding tert-OH is 2. The van der Waals surface area contributed by atoms with Crippen molar-refractivity contribution in [1.82, 2.24) is 4.90 Å². The summed E-state index contributed by atoms with van der Waals surface area (Å²) in [5.41, 5.74) is -4.82. The lowest BCUT2D eigenvalue weighted by atomic mass is 10.0. The number of aliphatic hydroxyl groups is 3. The molecule has 12 heteroatoms. The number of nitrogens with one attached hydrogen (secondary N) is 1. The van der Waals surface area contributed by atoms with E-state index < -0.39 is 54.3 Å². The van der Waals surface area contributed by atoms with E-state index in [9.17, 15) is 41.8 Å². The monoisotopic (exact) mass is 414 g/mol. The van der Waals surface area contributed by atoms with E-state index in [2.05, 4.69) is 0 Å². The van der Waals surface area contributed by atoms with Crippen LogP contribution in [0, 0.1) is 0 Å². The molecule has 2 atom stereocenters. The van der Waals surface area contributed by atoms with Gasteiger partial charge in [0.2, 0.25) is 5.60 Å². The number of nitrogens with zero attached hydrogens (tertiary/aromatic N) is 1. The maximum absolute atomic E-state index is 14.3. The number of likely N-dealkylation sites (N-methyl/N-ethyl adjacent to an activating group) is 1. The number of anilines is 1. The molecule has 28 heavy (non-hydrogen) atoms. The zero-order chi connectivity index (χ0) is 21.9. The first-order chi connectivity index (χ1) is 12.6. The quantitative estimate of drug-likeness (QED) is 0.495. The molecule has 0 aliphatic heterocycles. The van der Waals surface area contributed by atoms with Crippen molar-refractivity contribution in [2.24, 2.45) is 0 Å². The highest BCUT2D eigenvalue weighted by Crippen LogP contribution is 2.33. The molecule has 0 heterocycles. The number of benzene rings is 1. The van der Waals surface area contributed by atoms with Crippen molar-refractivity contribution in [3.05, 3.63) is 29.8 Å². The molecule has 0 saturated heterocycles. The molecule has 0 aliphatic carbocycles. The average molecular weight is 414 g/mol. The highest BCUT2D eigenvalue weighted by atomic mass is 19.4. The van der Waals surface area contributed by atoms with Crippen LogP contribution in [0.3, 0.4) is 0 Å². The molecule has 0 saturated carbocycles. The number of halogens is 5. The standard InChI is InChI=1S/C16H19F5N2O5/c1-14(28,16(19,20)21)12(26)22-10-5-3-9(4-6-10)15(17,18)13(27)23(2)7-11(25)8-24/h3-6,11,24-25,28H,7-8H2,1-2H3,(H,22,26). The summed E-state index contributed by atoms with van der Waals surface area (Å²) >= 11 is 0. The molecule has 0 aromatic heterocycles. The molecule has 0 aliphatic rings. The second kappa shape index (κ2) is 8.37. The van der Waals surface area contributed by atoms with E-state index >= 15 is 0 Å². The Morgan fingerprint density at radius 2 is 1.64 bits per heavy atom. The fourth-order valence-electron chi connectivity index (χ4n) is 1.96. The Morgan fingerprint density at radius 3 is 2.07 bits per heavy atom. The predicted molar refractivity (Wildman–Crippen MR) is 86.4 cm³/mol. The number of carbonyl (C=O) groups is 2. The molecular formula is C16H19F5N2O5. The first-order valence-electron chi connectivity index (χ1n) is 7.78. The van der Waals surface area contributed by atoms with Crippen LogP contribution in [0.1, 0.15) is 12.5 Å². The van der Waals surface area contributed by atoms with Gasteiger partial charge in [0.25, 0.3) is 11.8 Å². The Hall–Kier alpha value is -2.31. The summed E-state index contributed by atoms with van der Waals surface area (Å²) < 4.78 is 66.4. The minimum absolute atomic E-state index is 0.236. The van der Waals surface area contributed by atoms with Crippen LogP contribution in [0.4, 0.5) is 27.6 Å². The zero-order valence-corrected chi connectivity index (χ0v) is 14.8. The van der Waals surface area contributed by atoms with Crippen LogP contribution in [0.25, 0.3) is 0 Å². The normalized spacial score (nSPS) is 15.5. The summed E-state index contributed by atoms with van der Waals surface area (Å²) in [5, 5.41) is 28.9. The molecule has 4 N–H and O–H groups in total. The maximum atomic E-state index is 14.3. The lowest BCUT2D eigenvalue weighted by Crippen LogP contribution is -2.52. The van der Waals surface area contributed by atoms with E-state index in [1.54, 1.807) is 5.32 Å². The van der Waals surface area contributed by atoms with Crippen molar-refractivity contribution >= 4 is 17.5 Å². The van der Waals surface area contributed by atoms with Gasteiger partial charge >= 0.3 is 12.1 Å². The third kappa shape index (κ3) is 5.14. The molecule has 1 aromatic rings. The molecule has 0 radical (unpaired) electrons. The lowest BCUT2D eigenvalue weighted by molar-refractivity contribution is -0.242. The SMILES string of the molecule is CN(CC(O)CO)C(=O)C(F)(F)c1ccc(NC(=O)C(C)(O)C(F)(F)F)cc1. The van der Waals surface area contributed by atoms with Crippen LogP contribution in [-0.4, -0.2) is 70.1 Å². The van der Waals surface area contributed by atoms with E-state index in [0.29, 0.717) is 17.0 Å². The molecule has 1 rings (SSSR count). The Bertz CT molecular complexity index is 706. The number of amides is 2. The lowest BCUT2D eigenvalue weighted by Gasteiger charge is -2.26. The highest BCUT2D eigenvalue weighted by Gasteiger charge is 2.55. The molecule has 158 valence electrons. The fourth-order valence-corrected chi connectivity index (χ4v) is 1.96. The first-order valence-corrected chi connectivity index (χ1v) is 7.78. The topological polar surface area (TPSA) is 110 Å². The average Bonchev–Trinajstić information content (AvgIpc) is 2.60. The molecule has 0 bridgehead atoms. The van der Waals surface area contributed by atoms with Crippen molar-refractivity contribution in [1.29, 1.82) is 0 Å². The van der Waals surface area contributed by atoms with Crippen molar-refractivity contribution in [2.45, 2.75) is 30.7 Å². The summed E-state index contributed by atoms with van der Waals surface area (Å²) in [6, 6.07) is 3.10. The van der Waals surface area contributed by atoms with E-state index in [0.717, 1.165) is 19.2 Å². The van der Waals surface area contributed by atoms with Gasteiger partial charge in [-0.15, -0.1) is 0 Å². The van der Waals surface area contributed by atoms with E-state index in [4.69, 9.17) is 5.11 Å². The van der Waals surface area contributed by atoms with Gasteiger partial charge in [-0.25, -0.2) is 0 Å². The number of hydrogen-bond acceptors (Lipinski definition) is 5. The van der Waals surface area contributed by atoms with Gasteiger partial charge in [0.05, 0.1) is 12.7 Å². The minimum Gasteiger partial charge on any atom is -0.394 e. The Morgan fingerprint density at radius 1 is 1.14 bits per heavy atom. The van der Waals surface area contributed by atoms with Crippen LogP contribution in [0.2, 0.25) is 0 Å². The first kappa shape index (κ1) is 23.7. The third-order valence-electron chi connectivity index (χ3n) is 3.81. The van der Waals surface area contributed by atoms with Gasteiger partial charge in [-0.2, -0.15) is 22.0 Å². The van der Waals surface area contributed by atoms with Crippen molar-refractivity contribution in [3.8, 4) is 0 Å². The summed E-state index contributed by atoms with van der Waals surface area (Å²) in [4.78, 5) is 23.9. The van der Waals surface area contributed by atoms with Crippen LogP contribution in [-0.2, 0) is 15.5 Å². The van der Waals surface area contributed by atoms with Gasteiger partial charge in [-0.3, -0.25) is 9.59 Å². The largest absolute Gasteiger partial charge is 0.426 e. The minimum atomic E-state index is -5.25. The van der Waals surface area contributed by atoms with Crippen LogP contribution in [0.5, 0.6) is 0 Å². The highest BCUT2D eigenvalue weighted by molar-refractivity contribution is 5.97. The smallest absolute Gasteiger partial charge is 0.394 e. The van der Waals surface area contributed by atoms with Crippen LogP contribution in [0.15, 0.2) is 24.3 Å². The molecule has 7 nitrogen and oxygen atoms in total.